The number of urea groups is 1. The first-order valence-corrected chi connectivity index (χ1v) is 7.48. The molecule has 1 aromatic heterocycles. The van der Waals surface area contributed by atoms with Gasteiger partial charge in [0, 0.05) is 45.3 Å². The van der Waals surface area contributed by atoms with Crippen LogP contribution in [0.2, 0.25) is 0 Å². The quantitative estimate of drug-likeness (QED) is 0.797. The largest absolute Gasteiger partial charge is 0.378 e. The first-order chi connectivity index (χ1) is 10.2. The minimum absolute atomic E-state index is 0.147. The van der Waals surface area contributed by atoms with Crippen molar-refractivity contribution in [2.24, 2.45) is 0 Å². The first-order valence-electron chi connectivity index (χ1n) is 7.48. The molecular weight excluding hydrogens is 272 g/mol. The summed E-state index contributed by atoms with van der Waals surface area (Å²) in [5.74, 6) is 0.889. The Morgan fingerprint density at radius 3 is 2.43 bits per heavy atom. The van der Waals surface area contributed by atoms with Gasteiger partial charge in [-0.25, -0.2) is 4.79 Å². The number of carbonyl (C=O) groups is 1. The lowest BCUT2D eigenvalue weighted by atomic mass is 10.3. The van der Waals surface area contributed by atoms with E-state index in [1.54, 1.807) is 0 Å². The van der Waals surface area contributed by atoms with Crippen LogP contribution in [-0.2, 0) is 11.3 Å². The van der Waals surface area contributed by atoms with Crippen molar-refractivity contribution in [1.29, 1.82) is 0 Å². The summed E-state index contributed by atoms with van der Waals surface area (Å²) < 4.78 is 10.5. The Labute approximate surface area is 124 Å². The minimum Gasteiger partial charge on any atom is -0.378 e. The predicted molar refractivity (Wildman–Crippen MR) is 75.9 cm³/mol. The molecule has 2 fully saturated rings. The van der Waals surface area contributed by atoms with Crippen LogP contribution in [-0.4, -0.2) is 78.4 Å². The van der Waals surface area contributed by atoms with Gasteiger partial charge in [0.15, 0.2) is 5.76 Å². The number of amides is 2. The van der Waals surface area contributed by atoms with Crippen molar-refractivity contribution in [3.8, 4) is 0 Å². The van der Waals surface area contributed by atoms with Crippen molar-refractivity contribution in [2.45, 2.75) is 13.5 Å². The molecule has 0 unspecified atom stereocenters. The second kappa shape index (κ2) is 6.44. The molecule has 7 heteroatoms. The molecule has 2 aliphatic heterocycles. The Morgan fingerprint density at radius 2 is 1.81 bits per heavy atom. The number of nitrogens with zero attached hydrogens (tertiary/aromatic N) is 4. The van der Waals surface area contributed by atoms with E-state index in [0.29, 0.717) is 26.3 Å². The Bertz CT molecular complexity index is 476. The van der Waals surface area contributed by atoms with Crippen LogP contribution in [0.25, 0.3) is 0 Å². The molecule has 1 aromatic rings. The standard InChI is InChI=1S/C14H22N4O3/c1-12-10-13(21-15-12)11-16-2-4-17(5-3-16)14(19)18-6-8-20-9-7-18/h10H,2-9,11H2,1H3. The zero-order valence-corrected chi connectivity index (χ0v) is 12.5. The SMILES string of the molecule is Cc1cc(CN2CCN(C(=O)N3CCOCC3)CC2)on1. The normalized spacial score (nSPS) is 20.8. The maximum Gasteiger partial charge on any atom is 0.320 e. The summed E-state index contributed by atoms with van der Waals surface area (Å²) in [5.41, 5.74) is 0.908. The van der Waals surface area contributed by atoms with Gasteiger partial charge in [0.2, 0.25) is 0 Å². The van der Waals surface area contributed by atoms with Crippen molar-refractivity contribution in [3.05, 3.63) is 17.5 Å². The molecule has 116 valence electrons. The Balaban J connectivity index is 1.47. The van der Waals surface area contributed by atoms with Crippen LogP contribution in [0.4, 0.5) is 4.79 Å². The monoisotopic (exact) mass is 294 g/mol. The maximum absolute atomic E-state index is 12.4. The van der Waals surface area contributed by atoms with E-state index in [0.717, 1.165) is 44.2 Å². The Kier molecular flexibility index (Phi) is 4.40. The van der Waals surface area contributed by atoms with Gasteiger partial charge in [0.1, 0.15) is 0 Å². The average Bonchev–Trinajstić information content (AvgIpc) is 2.93. The fourth-order valence-electron chi connectivity index (χ4n) is 2.76. The first kappa shape index (κ1) is 14.3. The molecule has 0 aromatic carbocycles. The highest BCUT2D eigenvalue weighted by molar-refractivity contribution is 5.74. The number of piperazine rings is 1. The molecule has 0 spiro atoms. The number of carbonyl (C=O) groups excluding carboxylic acids is 1. The molecule has 2 amide bonds. The van der Waals surface area contributed by atoms with E-state index in [2.05, 4.69) is 10.1 Å². The van der Waals surface area contributed by atoms with Gasteiger partial charge in [0.05, 0.1) is 25.5 Å². The van der Waals surface area contributed by atoms with Crippen LogP contribution in [0.3, 0.4) is 0 Å². The van der Waals surface area contributed by atoms with Crippen LogP contribution >= 0.6 is 0 Å². The highest BCUT2D eigenvalue weighted by atomic mass is 16.5. The molecular formula is C14H22N4O3. The smallest absolute Gasteiger partial charge is 0.320 e. The van der Waals surface area contributed by atoms with E-state index >= 15 is 0 Å². The molecule has 7 nitrogen and oxygen atoms in total. The summed E-state index contributed by atoms with van der Waals surface area (Å²) in [7, 11) is 0. The third kappa shape index (κ3) is 3.54. The third-order valence-corrected chi connectivity index (χ3v) is 3.98. The van der Waals surface area contributed by atoms with Gasteiger partial charge in [-0.1, -0.05) is 5.16 Å². The van der Waals surface area contributed by atoms with E-state index in [-0.39, 0.29) is 6.03 Å². The summed E-state index contributed by atoms with van der Waals surface area (Å²) in [4.78, 5) is 18.5. The second-order valence-electron chi connectivity index (χ2n) is 5.58. The van der Waals surface area contributed by atoms with Crippen LogP contribution in [0.1, 0.15) is 11.5 Å². The van der Waals surface area contributed by atoms with Gasteiger partial charge in [-0.3, -0.25) is 4.90 Å². The Morgan fingerprint density at radius 1 is 1.14 bits per heavy atom. The topological polar surface area (TPSA) is 62.0 Å². The molecule has 3 rings (SSSR count). The summed E-state index contributed by atoms with van der Waals surface area (Å²) in [5, 5.41) is 3.90. The highest BCUT2D eigenvalue weighted by Crippen LogP contribution is 2.11. The van der Waals surface area contributed by atoms with Crippen molar-refractivity contribution in [1.82, 2.24) is 19.9 Å². The molecule has 2 saturated heterocycles. The second-order valence-corrected chi connectivity index (χ2v) is 5.58. The van der Waals surface area contributed by atoms with E-state index in [1.165, 1.54) is 0 Å². The number of aryl methyl sites for hydroxylation is 1. The molecule has 0 atom stereocenters. The summed E-state index contributed by atoms with van der Waals surface area (Å²) in [6.07, 6.45) is 0. The summed E-state index contributed by atoms with van der Waals surface area (Å²) >= 11 is 0. The third-order valence-electron chi connectivity index (χ3n) is 3.98. The van der Waals surface area contributed by atoms with E-state index in [9.17, 15) is 4.79 Å². The fourth-order valence-corrected chi connectivity index (χ4v) is 2.76. The zero-order valence-electron chi connectivity index (χ0n) is 12.5. The van der Waals surface area contributed by atoms with Gasteiger partial charge in [0.25, 0.3) is 0 Å². The maximum atomic E-state index is 12.4. The number of morpholine rings is 1. The predicted octanol–water partition coefficient (Wildman–Crippen LogP) is 0.553. The van der Waals surface area contributed by atoms with Gasteiger partial charge in [-0.2, -0.15) is 0 Å². The number of ether oxygens (including phenoxy) is 1. The number of hydrogen-bond donors (Lipinski definition) is 0. The van der Waals surface area contributed by atoms with Gasteiger partial charge >= 0.3 is 6.03 Å². The van der Waals surface area contributed by atoms with Gasteiger partial charge in [-0.05, 0) is 6.92 Å². The summed E-state index contributed by atoms with van der Waals surface area (Å²) in [6.45, 7) is 8.67. The number of hydrogen-bond acceptors (Lipinski definition) is 5. The molecule has 21 heavy (non-hydrogen) atoms. The van der Waals surface area contributed by atoms with Gasteiger partial charge < -0.3 is 19.1 Å². The lowest BCUT2D eigenvalue weighted by molar-refractivity contribution is 0.0368. The van der Waals surface area contributed by atoms with E-state index in [4.69, 9.17) is 9.26 Å². The summed E-state index contributed by atoms with van der Waals surface area (Å²) in [6, 6.07) is 2.11. The van der Waals surface area contributed by atoms with E-state index in [1.807, 2.05) is 22.8 Å². The molecule has 2 aliphatic rings. The Hall–Kier alpha value is -1.60. The van der Waals surface area contributed by atoms with Crippen molar-refractivity contribution in [2.75, 3.05) is 52.5 Å². The molecule has 0 saturated carbocycles. The molecule has 0 radical (unpaired) electrons. The highest BCUT2D eigenvalue weighted by Gasteiger charge is 2.26. The van der Waals surface area contributed by atoms with Gasteiger partial charge in [-0.15, -0.1) is 0 Å². The van der Waals surface area contributed by atoms with Crippen molar-refractivity contribution >= 4 is 6.03 Å². The van der Waals surface area contributed by atoms with Crippen LogP contribution in [0, 0.1) is 6.92 Å². The average molecular weight is 294 g/mol. The minimum atomic E-state index is 0.147. The zero-order chi connectivity index (χ0) is 14.7. The molecule has 0 aliphatic carbocycles. The molecule has 0 N–H and O–H groups in total. The number of aromatic nitrogens is 1. The molecule has 3 heterocycles. The van der Waals surface area contributed by atoms with Crippen molar-refractivity contribution in [3.63, 3.8) is 0 Å². The fraction of sp³-hybridized carbons (Fsp3) is 0.714. The lowest BCUT2D eigenvalue weighted by Gasteiger charge is -2.38. The van der Waals surface area contributed by atoms with Crippen molar-refractivity contribution < 1.29 is 14.1 Å². The lowest BCUT2D eigenvalue weighted by Crippen LogP contribution is -2.54. The van der Waals surface area contributed by atoms with Crippen LogP contribution in [0.15, 0.2) is 10.6 Å². The van der Waals surface area contributed by atoms with E-state index < -0.39 is 0 Å². The number of rotatable bonds is 2. The van der Waals surface area contributed by atoms with Crippen LogP contribution < -0.4 is 0 Å². The molecule has 0 bridgehead atoms. The van der Waals surface area contributed by atoms with Crippen LogP contribution in [0.5, 0.6) is 0 Å².